The van der Waals surface area contributed by atoms with Gasteiger partial charge in [-0.3, -0.25) is 14.8 Å². The molecule has 3 heterocycles. The molecule has 0 amide bonds. The Bertz CT molecular complexity index is 629. The summed E-state index contributed by atoms with van der Waals surface area (Å²) in [5.74, 6) is 0. The summed E-state index contributed by atoms with van der Waals surface area (Å²) in [5, 5.41) is 0. The van der Waals surface area contributed by atoms with E-state index >= 15 is 0 Å². The van der Waals surface area contributed by atoms with Gasteiger partial charge in [-0.05, 0) is 37.1 Å². The van der Waals surface area contributed by atoms with Gasteiger partial charge in [0.25, 0.3) is 0 Å². The lowest BCUT2D eigenvalue weighted by molar-refractivity contribution is 0.0992. The second-order valence-electron chi connectivity index (χ2n) is 7.19. The maximum atomic E-state index is 4.46. The first-order valence-corrected chi connectivity index (χ1v) is 9.55. The summed E-state index contributed by atoms with van der Waals surface area (Å²) in [4.78, 5) is 12.3. The van der Waals surface area contributed by atoms with E-state index in [9.17, 15) is 0 Å². The van der Waals surface area contributed by atoms with Crippen LogP contribution in [0.4, 0.5) is 5.69 Å². The average molecular weight is 336 g/mol. The van der Waals surface area contributed by atoms with E-state index in [1.165, 1.54) is 50.4 Å². The predicted octanol–water partition coefficient (Wildman–Crippen LogP) is 2.87. The summed E-state index contributed by atoms with van der Waals surface area (Å²) in [6.07, 6.45) is 4.48. The lowest BCUT2D eigenvalue weighted by Gasteiger charge is -2.43. The molecule has 25 heavy (non-hydrogen) atoms. The van der Waals surface area contributed by atoms with Crippen molar-refractivity contribution in [2.45, 2.75) is 25.4 Å². The van der Waals surface area contributed by atoms with Gasteiger partial charge in [0.15, 0.2) is 0 Å². The number of aromatic nitrogens is 1. The molecule has 0 aliphatic carbocycles. The van der Waals surface area contributed by atoms with E-state index in [1.54, 1.807) is 0 Å². The van der Waals surface area contributed by atoms with Gasteiger partial charge in [-0.1, -0.05) is 24.3 Å². The van der Waals surface area contributed by atoms with Gasteiger partial charge in [-0.2, -0.15) is 0 Å². The van der Waals surface area contributed by atoms with Gasteiger partial charge < -0.3 is 4.90 Å². The third-order valence-electron chi connectivity index (χ3n) is 5.62. The highest BCUT2D eigenvalue weighted by atomic mass is 15.3. The second kappa shape index (κ2) is 7.98. The number of piperidine rings is 1. The molecule has 132 valence electrons. The molecule has 1 aromatic heterocycles. The highest BCUT2D eigenvalue weighted by Gasteiger charge is 2.27. The molecule has 0 atom stereocenters. The molecule has 0 radical (unpaired) electrons. The van der Waals surface area contributed by atoms with E-state index in [2.05, 4.69) is 62.1 Å². The molecule has 2 aromatic rings. The van der Waals surface area contributed by atoms with Crippen LogP contribution in [-0.2, 0) is 6.54 Å². The topological polar surface area (TPSA) is 22.6 Å². The summed E-state index contributed by atoms with van der Waals surface area (Å²) in [7, 11) is 0. The Kier molecular flexibility index (Phi) is 5.28. The third-order valence-corrected chi connectivity index (χ3v) is 5.62. The SMILES string of the molecule is c1ccc(N2CCN(C3CCN(Cc4ccccn4)CC3)CC2)cc1. The number of benzene rings is 1. The van der Waals surface area contributed by atoms with Gasteiger partial charge in [0.1, 0.15) is 0 Å². The van der Waals surface area contributed by atoms with Crippen molar-refractivity contribution in [3.8, 4) is 0 Å². The van der Waals surface area contributed by atoms with Gasteiger partial charge >= 0.3 is 0 Å². The molecule has 4 heteroatoms. The van der Waals surface area contributed by atoms with E-state index in [1.807, 2.05) is 12.3 Å². The Labute approximate surface area is 151 Å². The van der Waals surface area contributed by atoms with E-state index in [-0.39, 0.29) is 0 Å². The largest absolute Gasteiger partial charge is 0.369 e. The number of hydrogen-bond donors (Lipinski definition) is 0. The lowest BCUT2D eigenvalue weighted by Crippen LogP contribution is -2.53. The fourth-order valence-electron chi connectivity index (χ4n) is 4.15. The van der Waals surface area contributed by atoms with Crippen molar-refractivity contribution in [1.82, 2.24) is 14.8 Å². The van der Waals surface area contributed by atoms with Crippen molar-refractivity contribution in [2.75, 3.05) is 44.2 Å². The van der Waals surface area contributed by atoms with Crippen molar-refractivity contribution in [3.63, 3.8) is 0 Å². The zero-order chi connectivity index (χ0) is 16.9. The van der Waals surface area contributed by atoms with Crippen molar-refractivity contribution in [2.24, 2.45) is 0 Å². The van der Waals surface area contributed by atoms with Crippen LogP contribution >= 0.6 is 0 Å². The van der Waals surface area contributed by atoms with E-state index in [0.717, 1.165) is 25.7 Å². The smallest absolute Gasteiger partial charge is 0.0543 e. The number of likely N-dealkylation sites (tertiary alicyclic amines) is 1. The standard InChI is InChI=1S/C21H28N4/c1-2-7-20(8-3-1)24-14-16-25(17-15-24)21-9-12-23(13-10-21)18-19-6-4-5-11-22-19/h1-8,11,21H,9-10,12-18H2. The van der Waals surface area contributed by atoms with E-state index in [0.29, 0.717) is 0 Å². The van der Waals surface area contributed by atoms with E-state index in [4.69, 9.17) is 0 Å². The van der Waals surface area contributed by atoms with Crippen LogP contribution < -0.4 is 4.90 Å². The minimum Gasteiger partial charge on any atom is -0.369 e. The van der Waals surface area contributed by atoms with Gasteiger partial charge in [0.05, 0.1) is 5.69 Å². The van der Waals surface area contributed by atoms with Crippen LogP contribution in [0.2, 0.25) is 0 Å². The van der Waals surface area contributed by atoms with Crippen molar-refractivity contribution >= 4 is 5.69 Å². The summed E-state index contributed by atoms with van der Waals surface area (Å²) in [6, 6.07) is 17.8. The molecule has 0 bridgehead atoms. The van der Waals surface area contributed by atoms with E-state index < -0.39 is 0 Å². The monoisotopic (exact) mass is 336 g/mol. The molecule has 0 spiro atoms. The molecule has 2 saturated heterocycles. The molecule has 2 aliphatic rings. The molecular formula is C21H28N4. The van der Waals surface area contributed by atoms with Gasteiger partial charge in [-0.25, -0.2) is 0 Å². The molecule has 4 rings (SSSR count). The zero-order valence-electron chi connectivity index (χ0n) is 14.9. The Balaban J connectivity index is 1.24. The zero-order valence-corrected chi connectivity index (χ0v) is 14.9. The van der Waals surface area contributed by atoms with Crippen molar-refractivity contribution in [1.29, 1.82) is 0 Å². The predicted molar refractivity (Wildman–Crippen MR) is 103 cm³/mol. The van der Waals surface area contributed by atoms with Crippen LogP contribution in [-0.4, -0.2) is 60.1 Å². The highest BCUT2D eigenvalue weighted by molar-refractivity contribution is 5.46. The first kappa shape index (κ1) is 16.6. The first-order valence-electron chi connectivity index (χ1n) is 9.55. The number of anilines is 1. The highest BCUT2D eigenvalue weighted by Crippen LogP contribution is 2.21. The molecule has 0 unspecified atom stereocenters. The van der Waals surface area contributed by atoms with Crippen molar-refractivity contribution < 1.29 is 0 Å². The lowest BCUT2D eigenvalue weighted by atomic mass is 10.0. The maximum absolute atomic E-state index is 4.46. The van der Waals surface area contributed by atoms with Crippen LogP contribution in [0.5, 0.6) is 0 Å². The summed E-state index contributed by atoms with van der Waals surface area (Å²) in [6.45, 7) is 8.07. The normalized spacial score (nSPS) is 20.7. The number of nitrogens with zero attached hydrogens (tertiary/aromatic N) is 4. The Hall–Kier alpha value is -1.91. The molecule has 2 fully saturated rings. The molecule has 0 N–H and O–H groups in total. The number of hydrogen-bond acceptors (Lipinski definition) is 4. The number of piperazine rings is 1. The summed E-state index contributed by atoms with van der Waals surface area (Å²) in [5.41, 5.74) is 2.56. The Morgan fingerprint density at radius 3 is 2.20 bits per heavy atom. The molecule has 4 nitrogen and oxygen atoms in total. The number of rotatable bonds is 4. The minimum absolute atomic E-state index is 0.762. The van der Waals surface area contributed by atoms with Crippen LogP contribution in [0, 0.1) is 0 Å². The molecule has 0 saturated carbocycles. The number of para-hydroxylation sites is 1. The quantitative estimate of drug-likeness (QED) is 0.856. The van der Waals surface area contributed by atoms with Gasteiger partial charge in [-0.15, -0.1) is 0 Å². The fourth-order valence-corrected chi connectivity index (χ4v) is 4.15. The van der Waals surface area contributed by atoms with Gasteiger partial charge in [0, 0.05) is 63.7 Å². The van der Waals surface area contributed by atoms with Crippen LogP contribution in [0.15, 0.2) is 54.7 Å². The van der Waals surface area contributed by atoms with Gasteiger partial charge in [0.2, 0.25) is 0 Å². The van der Waals surface area contributed by atoms with Crippen LogP contribution in [0.1, 0.15) is 18.5 Å². The Morgan fingerprint density at radius 1 is 0.800 bits per heavy atom. The van der Waals surface area contributed by atoms with Crippen LogP contribution in [0.25, 0.3) is 0 Å². The maximum Gasteiger partial charge on any atom is 0.0543 e. The van der Waals surface area contributed by atoms with Crippen LogP contribution in [0.3, 0.4) is 0 Å². The van der Waals surface area contributed by atoms with Crippen molar-refractivity contribution in [3.05, 3.63) is 60.4 Å². The third kappa shape index (κ3) is 4.20. The molecular weight excluding hydrogens is 308 g/mol. The first-order chi connectivity index (χ1) is 12.4. The Morgan fingerprint density at radius 2 is 1.52 bits per heavy atom. The molecule has 2 aliphatic heterocycles. The fraction of sp³-hybridized carbons (Fsp3) is 0.476. The summed E-state index contributed by atoms with van der Waals surface area (Å²) >= 11 is 0. The molecule has 1 aromatic carbocycles. The average Bonchev–Trinajstić information content (AvgIpc) is 2.70. The minimum atomic E-state index is 0.762. The summed E-state index contributed by atoms with van der Waals surface area (Å²) < 4.78 is 0. The second-order valence-corrected chi connectivity index (χ2v) is 7.19. The number of pyridine rings is 1.